The lowest BCUT2D eigenvalue weighted by atomic mass is 10.1. The van der Waals surface area contributed by atoms with E-state index in [2.05, 4.69) is 14.8 Å². The first kappa shape index (κ1) is 41.5. The van der Waals surface area contributed by atoms with Crippen LogP contribution in [0.2, 0.25) is 10.0 Å². The van der Waals surface area contributed by atoms with E-state index in [1.807, 2.05) is 0 Å². The van der Waals surface area contributed by atoms with Gasteiger partial charge in [0.15, 0.2) is 0 Å². The predicted octanol–water partition coefficient (Wildman–Crippen LogP) is 7.92. The van der Waals surface area contributed by atoms with Crippen molar-refractivity contribution < 1.29 is 70.3 Å². The fraction of sp³-hybridized carbons (Fsp3) is 0.125. The number of nitrogen functional groups attached to an aromatic ring is 1. The molecule has 1 amide bonds. The van der Waals surface area contributed by atoms with E-state index >= 15 is 0 Å². The van der Waals surface area contributed by atoms with Crippen LogP contribution in [0.3, 0.4) is 0 Å². The summed E-state index contributed by atoms with van der Waals surface area (Å²) >= 11 is 10.8. The van der Waals surface area contributed by atoms with Gasteiger partial charge in [0.25, 0.3) is 5.91 Å². The molecule has 4 aromatic rings. The number of carboxylic acid groups (broad SMARTS) is 1. The molecule has 19 heteroatoms. The number of carboxylic acids is 1. The van der Waals surface area contributed by atoms with Crippen molar-refractivity contribution in [1.29, 1.82) is 0 Å². The van der Waals surface area contributed by atoms with Gasteiger partial charge < -0.3 is 35.8 Å². The van der Waals surface area contributed by atoms with Crippen molar-refractivity contribution in [2.75, 3.05) is 25.3 Å². The zero-order chi connectivity index (χ0) is 38.8. The second kappa shape index (κ2) is 17.3. The van der Waals surface area contributed by atoms with Crippen LogP contribution < -0.4 is 11.1 Å². The number of phenols is 2. The Labute approximate surface area is 293 Å². The van der Waals surface area contributed by atoms with Crippen LogP contribution in [0, 0.1) is 0 Å². The number of hydrogen-bond donors (Lipinski definition) is 5. The Balaban J connectivity index is 0.000000293. The molecule has 0 aromatic heterocycles. The van der Waals surface area contributed by atoms with Gasteiger partial charge in [0.05, 0.1) is 52.1 Å². The number of aromatic carboxylic acids is 1. The number of amides is 1. The van der Waals surface area contributed by atoms with Gasteiger partial charge in [0, 0.05) is 16.9 Å². The van der Waals surface area contributed by atoms with E-state index in [4.69, 9.17) is 39.1 Å². The van der Waals surface area contributed by atoms with Crippen molar-refractivity contribution in [2.45, 2.75) is 12.4 Å². The SMILES string of the molecule is COC(=O)c1ccc(N)cc1.COC(=O)c1ccc(NC(=O)c2cc(Cl)c(O)c(C(F)(F)F)c2)cc1.O=C(O)c1cc(Cl)c(O)c(C(F)(F)F)c1. The molecule has 0 spiro atoms. The molecule has 0 aliphatic rings. The first-order valence-electron chi connectivity index (χ1n) is 13.5. The summed E-state index contributed by atoms with van der Waals surface area (Å²) < 4.78 is 84.4. The van der Waals surface area contributed by atoms with Crippen molar-refractivity contribution in [2.24, 2.45) is 0 Å². The smallest absolute Gasteiger partial charge is 0.420 e. The van der Waals surface area contributed by atoms with Crippen LogP contribution in [0.1, 0.15) is 52.6 Å². The standard InChI is InChI=1S/C16H11ClF3NO4.C8H4ClF3O3.C8H9NO2/c1-25-15(24)8-2-4-10(5-3-8)21-14(23)9-6-11(16(18,19)20)13(22)12(17)7-9;9-5-2-3(7(14)15)1-4(6(5)13)8(10,11)12;1-11-8(10)6-2-4-7(9)5-3-6/h2-7,22H,1H3,(H,21,23);1-2,13H,(H,14,15);2-5H,9H2,1H3. The van der Waals surface area contributed by atoms with Gasteiger partial charge in [0.2, 0.25) is 0 Å². The normalized spacial score (nSPS) is 10.8. The summed E-state index contributed by atoms with van der Waals surface area (Å²) in [7, 11) is 2.56. The molecule has 0 fully saturated rings. The van der Waals surface area contributed by atoms with Crippen molar-refractivity contribution in [3.05, 3.63) is 116 Å². The third-order valence-corrected chi connectivity index (χ3v) is 6.72. The van der Waals surface area contributed by atoms with E-state index in [0.29, 0.717) is 23.4 Å². The summed E-state index contributed by atoms with van der Waals surface area (Å²) in [6, 6.07) is 14.6. The summed E-state index contributed by atoms with van der Waals surface area (Å²) in [4.78, 5) is 44.7. The molecule has 272 valence electrons. The first-order valence-corrected chi connectivity index (χ1v) is 14.2. The minimum atomic E-state index is -4.87. The Morgan fingerprint density at radius 1 is 0.647 bits per heavy atom. The Hall–Kier alpha value is -5.68. The van der Waals surface area contributed by atoms with Crippen LogP contribution in [0.15, 0.2) is 72.8 Å². The summed E-state index contributed by atoms with van der Waals surface area (Å²) in [5.74, 6) is -5.65. The molecule has 0 aliphatic heterocycles. The maximum atomic E-state index is 12.9. The highest BCUT2D eigenvalue weighted by molar-refractivity contribution is 6.33. The van der Waals surface area contributed by atoms with E-state index in [9.17, 15) is 50.6 Å². The van der Waals surface area contributed by atoms with E-state index in [1.54, 1.807) is 24.3 Å². The minimum Gasteiger partial charge on any atom is -0.506 e. The molecule has 0 bridgehead atoms. The molecule has 0 atom stereocenters. The van der Waals surface area contributed by atoms with Gasteiger partial charge in [-0.15, -0.1) is 0 Å². The molecular formula is C32H24Cl2F6N2O9. The number of rotatable bonds is 5. The average molecular weight is 765 g/mol. The molecule has 6 N–H and O–H groups in total. The highest BCUT2D eigenvalue weighted by atomic mass is 35.5. The number of nitrogens with one attached hydrogen (secondary N) is 1. The highest BCUT2D eigenvalue weighted by Crippen LogP contribution is 2.41. The largest absolute Gasteiger partial charge is 0.506 e. The maximum absolute atomic E-state index is 12.9. The van der Waals surface area contributed by atoms with Gasteiger partial charge in [-0.2, -0.15) is 26.3 Å². The summed E-state index contributed by atoms with van der Waals surface area (Å²) in [5.41, 5.74) is 3.16. The number of benzene rings is 4. The molecule has 0 unspecified atom stereocenters. The van der Waals surface area contributed by atoms with Crippen LogP contribution in [-0.4, -0.2) is 53.4 Å². The van der Waals surface area contributed by atoms with Crippen LogP contribution in [0.5, 0.6) is 11.5 Å². The Morgan fingerprint density at radius 3 is 1.39 bits per heavy atom. The first-order chi connectivity index (χ1) is 23.6. The second-order valence-corrected chi connectivity index (χ2v) is 10.5. The molecule has 51 heavy (non-hydrogen) atoms. The highest BCUT2D eigenvalue weighted by Gasteiger charge is 2.37. The Kier molecular flexibility index (Phi) is 14.1. The zero-order valence-corrected chi connectivity index (χ0v) is 27.3. The molecular weight excluding hydrogens is 741 g/mol. The molecule has 0 heterocycles. The average Bonchev–Trinajstić information content (AvgIpc) is 3.06. The lowest BCUT2D eigenvalue weighted by molar-refractivity contribution is -0.139. The third kappa shape index (κ3) is 11.7. The van der Waals surface area contributed by atoms with Crippen LogP contribution >= 0.6 is 23.2 Å². The van der Waals surface area contributed by atoms with Crippen molar-refractivity contribution in [3.63, 3.8) is 0 Å². The van der Waals surface area contributed by atoms with Gasteiger partial charge >= 0.3 is 30.3 Å². The number of halogens is 8. The van der Waals surface area contributed by atoms with Crippen molar-refractivity contribution in [1.82, 2.24) is 0 Å². The fourth-order valence-corrected chi connectivity index (χ4v) is 4.07. The molecule has 4 rings (SSSR count). The van der Waals surface area contributed by atoms with E-state index < -0.39 is 68.4 Å². The molecule has 0 radical (unpaired) electrons. The molecule has 11 nitrogen and oxygen atoms in total. The predicted molar refractivity (Wildman–Crippen MR) is 171 cm³/mol. The second-order valence-electron chi connectivity index (χ2n) is 9.65. The van der Waals surface area contributed by atoms with E-state index in [-0.39, 0.29) is 22.8 Å². The zero-order valence-electron chi connectivity index (χ0n) is 25.8. The number of hydrogen-bond acceptors (Lipinski definition) is 9. The number of aromatic hydroxyl groups is 2. The Bertz CT molecular complexity index is 1900. The topological polar surface area (TPSA) is 185 Å². The molecule has 0 saturated carbocycles. The minimum absolute atomic E-state index is 0.243. The van der Waals surface area contributed by atoms with Gasteiger partial charge in [-0.3, -0.25) is 4.79 Å². The van der Waals surface area contributed by atoms with Gasteiger partial charge in [-0.05, 0) is 72.8 Å². The van der Waals surface area contributed by atoms with Crippen LogP contribution in [0.4, 0.5) is 37.7 Å². The van der Waals surface area contributed by atoms with Crippen LogP contribution in [-0.2, 0) is 21.8 Å². The van der Waals surface area contributed by atoms with Gasteiger partial charge in [-0.1, -0.05) is 23.2 Å². The Morgan fingerprint density at radius 2 is 1.02 bits per heavy atom. The summed E-state index contributed by atoms with van der Waals surface area (Å²) in [6.07, 6.45) is -9.72. The quantitative estimate of drug-likeness (QED) is 0.0760. The van der Waals surface area contributed by atoms with E-state index in [0.717, 1.165) is 12.1 Å². The molecule has 0 aliphatic carbocycles. The number of alkyl halides is 6. The summed E-state index contributed by atoms with van der Waals surface area (Å²) in [6.45, 7) is 0. The number of phenolic OH excluding ortho intramolecular Hbond substituents is 2. The number of methoxy groups -OCH3 is 2. The van der Waals surface area contributed by atoms with Gasteiger partial charge in [-0.25, -0.2) is 14.4 Å². The van der Waals surface area contributed by atoms with Crippen molar-refractivity contribution in [3.8, 4) is 11.5 Å². The van der Waals surface area contributed by atoms with E-state index in [1.165, 1.54) is 38.5 Å². The van der Waals surface area contributed by atoms with Gasteiger partial charge in [0.1, 0.15) is 11.5 Å². The lowest BCUT2D eigenvalue weighted by Gasteiger charge is -2.12. The maximum Gasteiger partial charge on any atom is 0.420 e. The lowest BCUT2D eigenvalue weighted by Crippen LogP contribution is -2.14. The fourth-order valence-electron chi connectivity index (χ4n) is 3.63. The monoisotopic (exact) mass is 764 g/mol. The number of ether oxygens (including phenoxy) is 2. The number of anilines is 2. The molecule has 0 saturated heterocycles. The number of nitrogens with two attached hydrogens (primary N) is 1. The number of carbonyl (C=O) groups is 4. The number of carbonyl (C=O) groups excluding carboxylic acids is 3. The summed E-state index contributed by atoms with van der Waals surface area (Å²) in [5, 5.41) is 28.0. The molecule has 4 aromatic carbocycles. The number of esters is 2. The van der Waals surface area contributed by atoms with Crippen molar-refractivity contribution >= 4 is 58.4 Å². The van der Waals surface area contributed by atoms with Crippen LogP contribution in [0.25, 0.3) is 0 Å². The third-order valence-electron chi connectivity index (χ3n) is 6.14.